The number of rotatable bonds is 11. The molecular formula is C17H24N2O6. The number of carbonyl (C=O) groups is 3. The van der Waals surface area contributed by atoms with Gasteiger partial charge in [-0.25, -0.2) is 4.79 Å². The first kappa shape index (κ1) is 19.3. The number of allylic oxidation sites excluding steroid dienone is 2. The van der Waals surface area contributed by atoms with Gasteiger partial charge in [-0.15, -0.1) is 5.06 Å². The second kappa shape index (κ2) is 10.1. The van der Waals surface area contributed by atoms with E-state index >= 15 is 0 Å². The summed E-state index contributed by atoms with van der Waals surface area (Å²) >= 11 is 0. The Morgan fingerprint density at radius 3 is 2.44 bits per heavy atom. The molecule has 0 spiro atoms. The average molecular weight is 352 g/mol. The van der Waals surface area contributed by atoms with Crippen molar-refractivity contribution in [1.82, 2.24) is 9.96 Å². The highest BCUT2D eigenvalue weighted by atomic mass is 16.7. The Hall–Kier alpha value is -2.03. The van der Waals surface area contributed by atoms with Crippen LogP contribution in [0.4, 0.5) is 0 Å². The van der Waals surface area contributed by atoms with Crippen LogP contribution in [0.3, 0.4) is 0 Å². The third kappa shape index (κ3) is 6.77. The van der Waals surface area contributed by atoms with Crippen molar-refractivity contribution in [2.75, 3.05) is 46.6 Å². The summed E-state index contributed by atoms with van der Waals surface area (Å²) in [6, 6.07) is 0. The van der Waals surface area contributed by atoms with Crippen LogP contribution in [-0.4, -0.2) is 74.3 Å². The Balaban J connectivity index is 1.44. The zero-order valence-electron chi connectivity index (χ0n) is 14.4. The van der Waals surface area contributed by atoms with Crippen LogP contribution in [0.2, 0.25) is 0 Å². The van der Waals surface area contributed by atoms with Gasteiger partial charge >= 0.3 is 5.97 Å². The number of hydrogen-bond acceptors (Lipinski definition) is 7. The van der Waals surface area contributed by atoms with Gasteiger partial charge < -0.3 is 19.2 Å². The molecule has 0 radical (unpaired) electrons. The molecule has 0 N–H and O–H groups in total. The van der Waals surface area contributed by atoms with E-state index in [4.69, 9.17) is 9.47 Å². The predicted molar refractivity (Wildman–Crippen MR) is 88.1 cm³/mol. The number of hydroxylamine groups is 2. The van der Waals surface area contributed by atoms with Gasteiger partial charge in [0.15, 0.2) is 0 Å². The van der Waals surface area contributed by atoms with Crippen LogP contribution in [0.15, 0.2) is 24.3 Å². The van der Waals surface area contributed by atoms with E-state index in [0.717, 1.165) is 13.1 Å². The van der Waals surface area contributed by atoms with Crippen LogP contribution in [-0.2, 0) is 28.7 Å². The van der Waals surface area contributed by atoms with Gasteiger partial charge in [-0.3, -0.25) is 9.59 Å². The molecule has 0 aromatic heterocycles. The molecule has 1 heterocycles. The highest BCUT2D eigenvalue weighted by Gasteiger charge is 2.32. The number of nitrogens with zero attached hydrogens (tertiary/aromatic N) is 2. The van der Waals surface area contributed by atoms with Crippen LogP contribution in [0, 0.1) is 5.92 Å². The van der Waals surface area contributed by atoms with Gasteiger partial charge in [0.25, 0.3) is 11.8 Å². The van der Waals surface area contributed by atoms with Crippen LogP contribution >= 0.6 is 0 Å². The maximum Gasteiger partial charge on any atom is 0.358 e. The summed E-state index contributed by atoms with van der Waals surface area (Å²) in [6.45, 7) is 2.58. The molecule has 1 aliphatic carbocycles. The van der Waals surface area contributed by atoms with Crippen LogP contribution in [0.25, 0.3) is 0 Å². The normalized spacial score (nSPS) is 17.3. The lowest BCUT2D eigenvalue weighted by Gasteiger charge is -2.18. The fraction of sp³-hybridized carbons (Fsp3) is 0.588. The second-order valence-electron chi connectivity index (χ2n) is 5.91. The third-order valence-corrected chi connectivity index (χ3v) is 3.76. The van der Waals surface area contributed by atoms with Gasteiger partial charge in [0.05, 0.1) is 19.8 Å². The van der Waals surface area contributed by atoms with Gasteiger partial charge in [-0.1, -0.05) is 24.3 Å². The lowest BCUT2D eigenvalue weighted by molar-refractivity contribution is -0.200. The zero-order valence-corrected chi connectivity index (χ0v) is 14.4. The van der Waals surface area contributed by atoms with Crippen molar-refractivity contribution in [2.24, 2.45) is 5.92 Å². The topological polar surface area (TPSA) is 85.4 Å². The number of hydrogen-bond donors (Lipinski definition) is 0. The fourth-order valence-corrected chi connectivity index (χ4v) is 2.43. The summed E-state index contributed by atoms with van der Waals surface area (Å²) in [7, 11) is 2.04. The van der Waals surface area contributed by atoms with E-state index in [0.29, 0.717) is 24.2 Å². The summed E-state index contributed by atoms with van der Waals surface area (Å²) in [5, 5.41) is 0.507. The van der Waals surface area contributed by atoms with Crippen LogP contribution < -0.4 is 0 Å². The molecule has 0 saturated carbocycles. The molecule has 8 heteroatoms. The van der Waals surface area contributed by atoms with Gasteiger partial charge in [-0.2, -0.15) is 0 Å². The SMILES string of the molecule is CN(CCOCCOCC(=O)ON1C(=O)CCC1=O)CC1C=CC=C1. The average Bonchev–Trinajstić information content (AvgIpc) is 3.19. The monoisotopic (exact) mass is 352 g/mol. The first-order chi connectivity index (χ1) is 12.1. The number of imide groups is 1. The molecule has 0 unspecified atom stereocenters. The quantitative estimate of drug-likeness (QED) is 0.390. The Labute approximate surface area is 146 Å². The molecule has 0 atom stereocenters. The Morgan fingerprint density at radius 1 is 1.12 bits per heavy atom. The molecule has 2 amide bonds. The maximum atomic E-state index is 11.5. The minimum Gasteiger partial charge on any atom is -0.378 e. The second-order valence-corrected chi connectivity index (χ2v) is 5.91. The van der Waals surface area contributed by atoms with E-state index in [1.807, 2.05) is 19.2 Å². The highest BCUT2D eigenvalue weighted by Crippen LogP contribution is 2.12. The number of ether oxygens (including phenoxy) is 2. The highest BCUT2D eigenvalue weighted by molar-refractivity contribution is 6.01. The van der Waals surface area contributed by atoms with Crippen molar-refractivity contribution in [3.63, 3.8) is 0 Å². The van der Waals surface area contributed by atoms with E-state index in [2.05, 4.69) is 21.9 Å². The van der Waals surface area contributed by atoms with Gasteiger partial charge in [-0.05, 0) is 7.05 Å². The molecule has 8 nitrogen and oxygen atoms in total. The number of amides is 2. The molecule has 1 fully saturated rings. The van der Waals surface area contributed by atoms with Crippen molar-refractivity contribution >= 4 is 17.8 Å². The van der Waals surface area contributed by atoms with Crippen molar-refractivity contribution in [1.29, 1.82) is 0 Å². The number of carbonyl (C=O) groups excluding carboxylic acids is 3. The molecule has 0 bridgehead atoms. The van der Waals surface area contributed by atoms with Crippen molar-refractivity contribution < 1.29 is 28.7 Å². The molecule has 2 aliphatic rings. The van der Waals surface area contributed by atoms with Gasteiger partial charge in [0.1, 0.15) is 6.61 Å². The van der Waals surface area contributed by atoms with Crippen molar-refractivity contribution in [2.45, 2.75) is 12.8 Å². The zero-order chi connectivity index (χ0) is 18.1. The Bertz CT molecular complexity index is 517. The molecule has 2 rings (SSSR count). The molecule has 138 valence electrons. The largest absolute Gasteiger partial charge is 0.378 e. The van der Waals surface area contributed by atoms with E-state index in [9.17, 15) is 14.4 Å². The Morgan fingerprint density at radius 2 is 1.76 bits per heavy atom. The van der Waals surface area contributed by atoms with E-state index in [1.54, 1.807) is 0 Å². The molecule has 1 aliphatic heterocycles. The molecule has 0 aromatic rings. The maximum absolute atomic E-state index is 11.5. The van der Waals surface area contributed by atoms with Crippen LogP contribution in [0.1, 0.15) is 12.8 Å². The summed E-state index contributed by atoms with van der Waals surface area (Å²) in [5.41, 5.74) is 0. The standard InChI is InChI=1S/C17H24N2O6/c1-18(12-14-4-2-3-5-14)8-9-23-10-11-24-13-17(22)25-19-15(20)6-7-16(19)21/h2-5,14H,6-13H2,1H3. The number of likely N-dealkylation sites (N-methyl/N-ethyl adjacent to an activating group) is 1. The minimum absolute atomic E-state index is 0.0720. The third-order valence-electron chi connectivity index (χ3n) is 3.76. The van der Waals surface area contributed by atoms with E-state index in [1.165, 1.54) is 0 Å². The lowest BCUT2D eigenvalue weighted by Crippen LogP contribution is -2.33. The summed E-state index contributed by atoms with van der Waals surface area (Å²) < 4.78 is 10.6. The molecular weight excluding hydrogens is 328 g/mol. The van der Waals surface area contributed by atoms with Crippen molar-refractivity contribution in [3.05, 3.63) is 24.3 Å². The summed E-state index contributed by atoms with van der Waals surface area (Å²) in [6.07, 6.45) is 8.56. The predicted octanol–water partition coefficient (Wildman–Crippen LogP) is 0.301. The summed E-state index contributed by atoms with van der Waals surface area (Å²) in [5.74, 6) is -1.32. The fourth-order valence-electron chi connectivity index (χ4n) is 2.43. The molecule has 1 saturated heterocycles. The van der Waals surface area contributed by atoms with E-state index < -0.39 is 17.8 Å². The molecule has 0 aromatic carbocycles. The minimum atomic E-state index is -0.777. The van der Waals surface area contributed by atoms with Crippen LogP contribution in [0.5, 0.6) is 0 Å². The van der Waals surface area contributed by atoms with Crippen molar-refractivity contribution in [3.8, 4) is 0 Å². The lowest BCUT2D eigenvalue weighted by atomic mass is 10.1. The summed E-state index contributed by atoms with van der Waals surface area (Å²) in [4.78, 5) is 40.9. The Kier molecular flexibility index (Phi) is 7.77. The first-order valence-electron chi connectivity index (χ1n) is 8.32. The first-order valence-corrected chi connectivity index (χ1v) is 8.32. The van der Waals surface area contributed by atoms with Gasteiger partial charge in [0.2, 0.25) is 0 Å². The van der Waals surface area contributed by atoms with Gasteiger partial charge in [0, 0.05) is 31.8 Å². The van der Waals surface area contributed by atoms with E-state index in [-0.39, 0.29) is 26.1 Å². The smallest absolute Gasteiger partial charge is 0.358 e. The molecule has 25 heavy (non-hydrogen) atoms.